The molecule has 1 aliphatic heterocycles. The topological polar surface area (TPSA) is 29.5 Å². The molecule has 2 aromatic carbocycles. The Morgan fingerprint density at radius 2 is 1.74 bits per heavy atom. The van der Waals surface area contributed by atoms with Crippen molar-refractivity contribution in [3.63, 3.8) is 0 Å². The van der Waals surface area contributed by atoms with E-state index in [1.54, 1.807) is 23.1 Å². The summed E-state index contributed by atoms with van der Waals surface area (Å²) >= 11 is 0. The fourth-order valence-corrected chi connectivity index (χ4v) is 2.60. The van der Waals surface area contributed by atoms with E-state index in [9.17, 15) is 13.6 Å². The van der Waals surface area contributed by atoms with Crippen LogP contribution in [0.15, 0.2) is 42.5 Å². The molecule has 0 spiro atoms. The third-order valence-corrected chi connectivity index (χ3v) is 3.88. The van der Waals surface area contributed by atoms with Crippen molar-refractivity contribution in [3.05, 3.63) is 65.2 Å². The van der Waals surface area contributed by atoms with Crippen LogP contribution in [0.3, 0.4) is 0 Å². The molecule has 1 aliphatic rings. The molecule has 120 valence electrons. The molecule has 0 aromatic heterocycles. The van der Waals surface area contributed by atoms with Crippen LogP contribution in [0.2, 0.25) is 0 Å². The first kappa shape index (κ1) is 15.5. The summed E-state index contributed by atoms with van der Waals surface area (Å²) < 4.78 is 32.5. The molecular formula is C18H17F2NO2. The molecule has 0 aliphatic carbocycles. The quantitative estimate of drug-likeness (QED) is 0.859. The van der Waals surface area contributed by atoms with Gasteiger partial charge in [-0.1, -0.05) is 12.1 Å². The second-order valence-electron chi connectivity index (χ2n) is 5.56. The Hall–Kier alpha value is -2.43. The molecule has 23 heavy (non-hydrogen) atoms. The molecule has 3 rings (SSSR count). The normalized spacial score (nSPS) is 14.1. The number of amides is 1. The molecular weight excluding hydrogens is 300 g/mol. The number of halogens is 2. The van der Waals surface area contributed by atoms with E-state index in [4.69, 9.17) is 4.74 Å². The molecule has 0 bridgehead atoms. The van der Waals surface area contributed by atoms with E-state index < -0.39 is 5.82 Å². The van der Waals surface area contributed by atoms with Crippen molar-refractivity contribution < 1.29 is 18.3 Å². The van der Waals surface area contributed by atoms with Gasteiger partial charge in [-0.05, 0) is 42.7 Å². The van der Waals surface area contributed by atoms with Crippen molar-refractivity contribution in [2.24, 2.45) is 0 Å². The summed E-state index contributed by atoms with van der Waals surface area (Å²) in [6.07, 6.45) is 1.93. The molecule has 0 radical (unpaired) electrons. The minimum atomic E-state index is -0.585. The van der Waals surface area contributed by atoms with Crippen LogP contribution in [0.25, 0.3) is 0 Å². The zero-order valence-electron chi connectivity index (χ0n) is 12.6. The molecule has 0 unspecified atom stereocenters. The van der Waals surface area contributed by atoms with Crippen molar-refractivity contribution in [2.75, 3.05) is 13.1 Å². The van der Waals surface area contributed by atoms with Gasteiger partial charge in [-0.15, -0.1) is 0 Å². The second kappa shape index (κ2) is 6.77. The summed E-state index contributed by atoms with van der Waals surface area (Å²) in [5, 5.41) is 0. The Labute approximate surface area is 133 Å². The van der Waals surface area contributed by atoms with E-state index in [1.165, 1.54) is 24.3 Å². The highest BCUT2D eigenvalue weighted by Crippen LogP contribution is 2.21. The van der Waals surface area contributed by atoms with Gasteiger partial charge in [0.25, 0.3) is 5.91 Å². The molecule has 0 N–H and O–H groups in total. The van der Waals surface area contributed by atoms with Crippen molar-refractivity contribution in [1.82, 2.24) is 4.90 Å². The van der Waals surface area contributed by atoms with E-state index >= 15 is 0 Å². The minimum Gasteiger partial charge on any atom is -0.489 e. The van der Waals surface area contributed by atoms with Crippen molar-refractivity contribution in [1.29, 1.82) is 0 Å². The maximum Gasteiger partial charge on any atom is 0.256 e. The summed E-state index contributed by atoms with van der Waals surface area (Å²) in [5.74, 6) is -0.835. The van der Waals surface area contributed by atoms with Crippen LogP contribution in [0.4, 0.5) is 8.78 Å². The molecule has 0 atom stereocenters. The predicted octanol–water partition coefficient (Wildman–Crippen LogP) is 3.78. The van der Waals surface area contributed by atoms with Gasteiger partial charge in [0.1, 0.15) is 24.0 Å². The molecule has 5 heteroatoms. The van der Waals surface area contributed by atoms with Crippen molar-refractivity contribution in [3.8, 4) is 5.75 Å². The molecule has 1 amide bonds. The average molecular weight is 317 g/mol. The third kappa shape index (κ3) is 3.67. The number of hydrogen-bond donors (Lipinski definition) is 0. The van der Waals surface area contributed by atoms with Crippen LogP contribution in [0, 0.1) is 11.6 Å². The third-order valence-electron chi connectivity index (χ3n) is 3.88. The van der Waals surface area contributed by atoms with Crippen LogP contribution < -0.4 is 4.74 Å². The number of carbonyl (C=O) groups excluding carboxylic acids is 1. The highest BCUT2D eigenvalue weighted by Gasteiger charge is 2.22. The molecule has 2 aromatic rings. The highest BCUT2D eigenvalue weighted by molar-refractivity contribution is 5.94. The fourth-order valence-electron chi connectivity index (χ4n) is 2.60. The van der Waals surface area contributed by atoms with E-state index in [2.05, 4.69) is 0 Å². The standard InChI is InChI=1S/C18H17F2NO2/c19-14-5-3-13(4-6-14)12-23-15-7-8-16(17(20)11-15)18(22)21-9-1-2-10-21/h3-8,11H,1-2,9-10,12H2. The number of likely N-dealkylation sites (tertiary alicyclic amines) is 1. The molecule has 1 heterocycles. The van der Waals surface area contributed by atoms with Gasteiger partial charge in [0, 0.05) is 19.2 Å². The van der Waals surface area contributed by atoms with E-state index in [1.807, 2.05) is 0 Å². The Morgan fingerprint density at radius 1 is 1.04 bits per heavy atom. The van der Waals surface area contributed by atoms with Crippen LogP contribution in [-0.4, -0.2) is 23.9 Å². The van der Waals surface area contributed by atoms with Crippen LogP contribution in [0.5, 0.6) is 5.75 Å². The Morgan fingerprint density at radius 3 is 2.39 bits per heavy atom. The maximum absolute atomic E-state index is 14.2. The SMILES string of the molecule is O=C(c1ccc(OCc2ccc(F)cc2)cc1F)N1CCCC1. The zero-order valence-corrected chi connectivity index (χ0v) is 12.6. The van der Waals surface area contributed by atoms with Gasteiger partial charge in [0.2, 0.25) is 0 Å². The smallest absolute Gasteiger partial charge is 0.256 e. The lowest BCUT2D eigenvalue weighted by Crippen LogP contribution is -2.28. The number of ether oxygens (including phenoxy) is 1. The fraction of sp³-hybridized carbons (Fsp3) is 0.278. The van der Waals surface area contributed by atoms with Gasteiger partial charge in [0.05, 0.1) is 5.56 Å². The highest BCUT2D eigenvalue weighted by atomic mass is 19.1. The largest absolute Gasteiger partial charge is 0.489 e. The van der Waals surface area contributed by atoms with Crippen LogP contribution in [0.1, 0.15) is 28.8 Å². The Balaban J connectivity index is 1.66. The first-order chi connectivity index (χ1) is 11.1. The van der Waals surface area contributed by atoms with E-state index in [0.717, 1.165) is 18.4 Å². The van der Waals surface area contributed by atoms with Gasteiger partial charge in [-0.3, -0.25) is 4.79 Å². The van der Waals surface area contributed by atoms with Gasteiger partial charge < -0.3 is 9.64 Å². The Bertz CT molecular complexity index is 695. The number of carbonyl (C=O) groups is 1. The lowest BCUT2D eigenvalue weighted by molar-refractivity contribution is 0.0788. The lowest BCUT2D eigenvalue weighted by atomic mass is 10.1. The average Bonchev–Trinajstić information content (AvgIpc) is 3.08. The summed E-state index contributed by atoms with van der Waals surface area (Å²) in [6, 6.07) is 10.2. The number of benzene rings is 2. The van der Waals surface area contributed by atoms with Gasteiger partial charge in [-0.2, -0.15) is 0 Å². The number of nitrogens with zero attached hydrogens (tertiary/aromatic N) is 1. The number of hydrogen-bond acceptors (Lipinski definition) is 2. The van der Waals surface area contributed by atoms with Gasteiger partial charge in [-0.25, -0.2) is 8.78 Å². The Kier molecular flexibility index (Phi) is 4.55. The summed E-state index contributed by atoms with van der Waals surface area (Å²) in [4.78, 5) is 13.9. The maximum atomic E-state index is 14.2. The second-order valence-corrected chi connectivity index (χ2v) is 5.56. The van der Waals surface area contributed by atoms with Crippen LogP contribution in [-0.2, 0) is 6.61 Å². The van der Waals surface area contributed by atoms with Gasteiger partial charge in [0.15, 0.2) is 0 Å². The number of rotatable bonds is 4. The molecule has 0 saturated carbocycles. The summed E-state index contributed by atoms with van der Waals surface area (Å²) in [5.41, 5.74) is 0.852. The molecule has 1 saturated heterocycles. The van der Waals surface area contributed by atoms with Gasteiger partial charge >= 0.3 is 0 Å². The van der Waals surface area contributed by atoms with Crippen molar-refractivity contribution in [2.45, 2.75) is 19.4 Å². The monoisotopic (exact) mass is 317 g/mol. The van der Waals surface area contributed by atoms with E-state index in [0.29, 0.717) is 18.8 Å². The van der Waals surface area contributed by atoms with Crippen LogP contribution >= 0.6 is 0 Å². The summed E-state index contributed by atoms with van der Waals surface area (Å²) in [6.45, 7) is 1.57. The summed E-state index contributed by atoms with van der Waals surface area (Å²) in [7, 11) is 0. The predicted molar refractivity (Wildman–Crippen MR) is 82.3 cm³/mol. The zero-order chi connectivity index (χ0) is 16.2. The molecule has 1 fully saturated rings. The minimum absolute atomic E-state index is 0.0704. The lowest BCUT2D eigenvalue weighted by Gasteiger charge is -2.16. The van der Waals surface area contributed by atoms with Crippen molar-refractivity contribution >= 4 is 5.91 Å². The first-order valence-corrected chi connectivity index (χ1v) is 7.59. The van der Waals surface area contributed by atoms with E-state index in [-0.39, 0.29) is 23.9 Å². The first-order valence-electron chi connectivity index (χ1n) is 7.59. The molecule has 3 nitrogen and oxygen atoms in total.